The molecule has 0 saturated heterocycles. The first kappa shape index (κ1) is 16.9. The molecule has 0 fully saturated rings. The highest BCUT2D eigenvalue weighted by Gasteiger charge is 2.27. The zero-order chi connectivity index (χ0) is 17.2. The highest BCUT2D eigenvalue weighted by atomic mass is 32.2. The maximum atomic E-state index is 11.3. The Hall–Kier alpha value is -2.44. The summed E-state index contributed by atoms with van der Waals surface area (Å²) < 4.78 is 31.9. The molecule has 2 aromatic rings. The quantitative estimate of drug-likeness (QED) is 0.649. The van der Waals surface area contributed by atoms with Crippen LogP contribution in [0, 0.1) is 0 Å². The highest BCUT2D eigenvalue weighted by molar-refractivity contribution is 7.86. The number of benzene rings is 2. The lowest BCUT2D eigenvalue weighted by Crippen LogP contribution is -2.12. The molecule has 2 N–H and O–H groups in total. The molecule has 5 nitrogen and oxygen atoms in total. The molecule has 1 aliphatic carbocycles. The second kappa shape index (κ2) is 6.36. The molecule has 120 valence electrons. The fourth-order valence-electron chi connectivity index (χ4n) is 2.33. The SMILES string of the molecule is C=C(C)C(=O)O.O=S(=O)(O)C1C=Cc2cccc3cccc1c23. The largest absolute Gasteiger partial charge is 0.478 e. The van der Waals surface area contributed by atoms with Crippen LogP contribution in [0.1, 0.15) is 23.3 Å². The van der Waals surface area contributed by atoms with E-state index in [0.29, 0.717) is 5.56 Å². The lowest BCUT2D eigenvalue weighted by Gasteiger charge is -2.18. The van der Waals surface area contributed by atoms with Crippen LogP contribution in [0.15, 0.2) is 54.6 Å². The molecule has 1 atom stereocenters. The molecule has 6 heteroatoms. The van der Waals surface area contributed by atoms with Gasteiger partial charge in [-0.05, 0) is 28.8 Å². The second-order valence-electron chi connectivity index (χ2n) is 5.17. The average molecular weight is 332 g/mol. The average Bonchev–Trinajstić information content (AvgIpc) is 2.47. The van der Waals surface area contributed by atoms with E-state index in [4.69, 9.17) is 5.11 Å². The van der Waals surface area contributed by atoms with Gasteiger partial charge in [0.25, 0.3) is 10.1 Å². The minimum atomic E-state index is -4.10. The summed E-state index contributed by atoms with van der Waals surface area (Å²) in [6.07, 6.45) is 3.26. The van der Waals surface area contributed by atoms with E-state index in [1.165, 1.54) is 13.0 Å². The van der Waals surface area contributed by atoms with Crippen LogP contribution >= 0.6 is 0 Å². The van der Waals surface area contributed by atoms with Crippen molar-refractivity contribution in [2.45, 2.75) is 12.2 Å². The van der Waals surface area contributed by atoms with Crippen LogP contribution in [-0.4, -0.2) is 24.0 Å². The molecule has 1 aliphatic rings. The first-order chi connectivity index (χ1) is 10.7. The lowest BCUT2D eigenvalue weighted by atomic mass is 9.93. The van der Waals surface area contributed by atoms with Gasteiger partial charge >= 0.3 is 5.97 Å². The molecular weight excluding hydrogens is 316 g/mol. The summed E-state index contributed by atoms with van der Waals surface area (Å²) in [5, 5.41) is 8.82. The van der Waals surface area contributed by atoms with Crippen molar-refractivity contribution < 1.29 is 22.9 Å². The fraction of sp³-hybridized carbons (Fsp3) is 0.118. The number of rotatable bonds is 2. The van der Waals surface area contributed by atoms with Gasteiger partial charge in [0.05, 0.1) is 0 Å². The van der Waals surface area contributed by atoms with Crippen molar-refractivity contribution in [3.63, 3.8) is 0 Å². The van der Waals surface area contributed by atoms with Gasteiger partial charge < -0.3 is 5.11 Å². The fourth-order valence-corrected chi connectivity index (χ4v) is 3.12. The van der Waals surface area contributed by atoms with Crippen molar-refractivity contribution in [2.75, 3.05) is 0 Å². The van der Waals surface area contributed by atoms with Gasteiger partial charge in [0.15, 0.2) is 0 Å². The summed E-state index contributed by atoms with van der Waals surface area (Å²) >= 11 is 0. The molecule has 0 bridgehead atoms. The Labute approximate surface area is 134 Å². The third kappa shape index (κ3) is 3.67. The van der Waals surface area contributed by atoms with Gasteiger partial charge in [0.1, 0.15) is 5.25 Å². The van der Waals surface area contributed by atoms with Crippen molar-refractivity contribution in [2.24, 2.45) is 0 Å². The Kier molecular flexibility index (Phi) is 4.68. The summed E-state index contributed by atoms with van der Waals surface area (Å²) in [7, 11) is -4.10. The van der Waals surface area contributed by atoms with Gasteiger partial charge in [-0.1, -0.05) is 55.1 Å². The Bertz CT molecular complexity index is 892. The van der Waals surface area contributed by atoms with Crippen molar-refractivity contribution >= 4 is 32.9 Å². The van der Waals surface area contributed by atoms with Gasteiger partial charge in [0.2, 0.25) is 0 Å². The first-order valence-corrected chi connectivity index (χ1v) is 8.27. The second-order valence-corrected chi connectivity index (χ2v) is 6.71. The van der Waals surface area contributed by atoms with Crippen LogP contribution in [0.25, 0.3) is 16.8 Å². The molecule has 0 aliphatic heterocycles. The standard InChI is InChI=1S/C13H10O3S.C4H6O2/c14-17(15,16)12-8-7-10-4-1-3-9-5-2-6-11(12)13(9)10;1-3(2)4(5)6/h1-8,12H,(H,14,15,16);1H2,2H3,(H,5,6). The molecule has 1 unspecified atom stereocenters. The number of carboxylic acids is 1. The third-order valence-electron chi connectivity index (χ3n) is 3.41. The normalized spacial score (nSPS) is 15.7. The lowest BCUT2D eigenvalue weighted by molar-refractivity contribution is -0.132. The van der Waals surface area contributed by atoms with Gasteiger partial charge in [-0.25, -0.2) is 4.79 Å². The van der Waals surface area contributed by atoms with Crippen LogP contribution in [0.3, 0.4) is 0 Å². The smallest absolute Gasteiger partial charge is 0.330 e. The van der Waals surface area contributed by atoms with E-state index in [2.05, 4.69) is 6.58 Å². The predicted octanol–water partition coefficient (Wildman–Crippen LogP) is 3.44. The molecule has 0 radical (unpaired) electrons. The number of aliphatic carboxylic acids is 1. The molecule has 3 rings (SSSR count). The van der Waals surface area contributed by atoms with Crippen LogP contribution in [0.2, 0.25) is 0 Å². The van der Waals surface area contributed by atoms with Crippen molar-refractivity contribution in [1.29, 1.82) is 0 Å². The molecule has 2 aromatic carbocycles. The van der Waals surface area contributed by atoms with E-state index in [1.54, 1.807) is 18.2 Å². The topological polar surface area (TPSA) is 91.7 Å². The van der Waals surface area contributed by atoms with Crippen LogP contribution < -0.4 is 0 Å². The Morgan fingerprint density at radius 3 is 2.26 bits per heavy atom. The van der Waals surface area contributed by atoms with Gasteiger partial charge in [-0.3, -0.25) is 4.55 Å². The van der Waals surface area contributed by atoms with E-state index in [-0.39, 0.29) is 5.57 Å². The predicted molar refractivity (Wildman–Crippen MR) is 89.7 cm³/mol. The highest BCUT2D eigenvalue weighted by Crippen LogP contribution is 2.36. The van der Waals surface area contributed by atoms with Crippen molar-refractivity contribution in [3.05, 3.63) is 65.8 Å². The van der Waals surface area contributed by atoms with Gasteiger partial charge in [0, 0.05) is 5.57 Å². The zero-order valence-electron chi connectivity index (χ0n) is 12.4. The summed E-state index contributed by atoms with van der Waals surface area (Å²) in [4.78, 5) is 9.60. The van der Waals surface area contributed by atoms with Crippen LogP contribution in [-0.2, 0) is 14.9 Å². The number of hydrogen-bond donors (Lipinski definition) is 2. The van der Waals surface area contributed by atoms with E-state index in [9.17, 15) is 17.8 Å². The molecule has 0 aromatic heterocycles. The van der Waals surface area contributed by atoms with Gasteiger partial charge in [-0.2, -0.15) is 8.42 Å². The summed E-state index contributed by atoms with van der Waals surface area (Å²) in [5.74, 6) is -0.935. The summed E-state index contributed by atoms with van der Waals surface area (Å²) in [5.41, 5.74) is 1.80. The Morgan fingerprint density at radius 2 is 1.74 bits per heavy atom. The maximum Gasteiger partial charge on any atom is 0.330 e. The molecule has 23 heavy (non-hydrogen) atoms. The van der Waals surface area contributed by atoms with Crippen molar-refractivity contribution in [3.8, 4) is 0 Å². The van der Waals surface area contributed by atoms with Gasteiger partial charge in [-0.15, -0.1) is 0 Å². The van der Waals surface area contributed by atoms with E-state index < -0.39 is 21.3 Å². The zero-order valence-corrected chi connectivity index (χ0v) is 13.2. The maximum absolute atomic E-state index is 11.3. The molecule has 0 amide bonds. The summed E-state index contributed by atoms with van der Waals surface area (Å²) in [6, 6.07) is 11.3. The molecule has 0 saturated carbocycles. The Balaban J connectivity index is 0.000000277. The summed E-state index contributed by atoms with van der Waals surface area (Å²) in [6.45, 7) is 4.60. The minimum absolute atomic E-state index is 0.176. The number of carbonyl (C=O) groups is 1. The monoisotopic (exact) mass is 332 g/mol. The minimum Gasteiger partial charge on any atom is -0.478 e. The number of carboxylic acid groups (broad SMARTS) is 1. The molecule has 0 spiro atoms. The van der Waals surface area contributed by atoms with E-state index in [0.717, 1.165) is 16.3 Å². The van der Waals surface area contributed by atoms with E-state index in [1.807, 2.05) is 24.3 Å². The van der Waals surface area contributed by atoms with Crippen LogP contribution in [0.5, 0.6) is 0 Å². The Morgan fingerprint density at radius 1 is 1.17 bits per heavy atom. The number of hydrogen-bond acceptors (Lipinski definition) is 3. The molecule has 0 heterocycles. The van der Waals surface area contributed by atoms with E-state index >= 15 is 0 Å². The molecular formula is C17H16O5S. The first-order valence-electron chi connectivity index (χ1n) is 6.76. The third-order valence-corrected chi connectivity index (χ3v) is 4.47. The van der Waals surface area contributed by atoms with Crippen molar-refractivity contribution in [1.82, 2.24) is 0 Å². The van der Waals surface area contributed by atoms with Crippen LogP contribution in [0.4, 0.5) is 0 Å².